The normalized spacial score (nSPS) is 13.9. The van der Waals surface area contributed by atoms with Crippen LogP contribution in [0.2, 0.25) is 0 Å². The van der Waals surface area contributed by atoms with Gasteiger partial charge in [-0.3, -0.25) is 4.79 Å². The van der Waals surface area contributed by atoms with Crippen molar-refractivity contribution in [3.63, 3.8) is 0 Å². The molecule has 0 atom stereocenters. The number of allylic oxidation sites excluding steroid dienone is 2. The molecule has 33 heavy (non-hydrogen) atoms. The number of amides is 1. The monoisotopic (exact) mass is 523 g/mol. The van der Waals surface area contributed by atoms with Gasteiger partial charge in [0.1, 0.15) is 11.9 Å². The Morgan fingerprint density at radius 2 is 1.97 bits per heavy atom. The molecule has 0 radical (unpaired) electrons. The van der Waals surface area contributed by atoms with E-state index in [1.54, 1.807) is 0 Å². The zero-order chi connectivity index (χ0) is 23.8. The highest BCUT2D eigenvalue weighted by molar-refractivity contribution is 9.10. The molecule has 3 aromatic heterocycles. The highest BCUT2D eigenvalue weighted by Gasteiger charge is 2.41. The van der Waals surface area contributed by atoms with Gasteiger partial charge in [-0.05, 0) is 28.1 Å². The smallest absolute Gasteiger partial charge is 0.362 e. The third-order valence-corrected chi connectivity index (χ3v) is 4.89. The Hall–Kier alpha value is -4.06. The van der Waals surface area contributed by atoms with Crippen molar-refractivity contribution in [2.75, 3.05) is 6.54 Å². The molecule has 0 saturated carbocycles. The van der Waals surface area contributed by atoms with Crippen molar-refractivity contribution in [3.05, 3.63) is 69.7 Å². The molecule has 168 valence electrons. The molecule has 10 nitrogen and oxygen atoms in total. The largest absolute Gasteiger partial charge is 0.434 e. The van der Waals surface area contributed by atoms with Crippen LogP contribution in [0, 0.1) is 17.1 Å². The quantitative estimate of drug-likeness (QED) is 0.502. The summed E-state index contributed by atoms with van der Waals surface area (Å²) < 4.78 is 55.2. The van der Waals surface area contributed by atoms with Gasteiger partial charge in [0.05, 0.1) is 46.9 Å². The van der Waals surface area contributed by atoms with E-state index >= 15 is 0 Å². The van der Waals surface area contributed by atoms with Crippen LogP contribution in [-0.2, 0) is 6.18 Å². The highest BCUT2D eigenvalue weighted by Crippen LogP contribution is 2.34. The van der Waals surface area contributed by atoms with Crippen LogP contribution in [-0.4, -0.2) is 42.2 Å². The minimum atomic E-state index is -4.99. The Kier molecular flexibility index (Phi) is 5.68. The molecule has 0 saturated heterocycles. The van der Waals surface area contributed by atoms with E-state index in [-0.39, 0.29) is 33.9 Å². The van der Waals surface area contributed by atoms with E-state index in [1.807, 2.05) is 6.07 Å². The molecule has 1 amide bonds. The summed E-state index contributed by atoms with van der Waals surface area (Å²) in [6.07, 6.45) is 0.552. The van der Waals surface area contributed by atoms with Gasteiger partial charge in [0.2, 0.25) is 0 Å². The molecule has 4 heterocycles. The molecule has 0 fully saturated rings. The number of carbonyl (C=O) groups is 1. The molecule has 3 aromatic rings. The van der Waals surface area contributed by atoms with E-state index in [9.17, 15) is 27.6 Å². The zero-order valence-electron chi connectivity index (χ0n) is 16.1. The van der Waals surface area contributed by atoms with Gasteiger partial charge in [-0.25, -0.2) is 14.1 Å². The molecule has 0 spiro atoms. The number of nitrogens with zero attached hydrogens (tertiary/aromatic N) is 7. The number of aromatic nitrogens is 6. The fourth-order valence-corrected chi connectivity index (χ4v) is 3.46. The number of hydrogen-bond donors (Lipinski definition) is 2. The van der Waals surface area contributed by atoms with E-state index < -0.39 is 29.2 Å². The molecule has 1 aliphatic rings. The number of carbonyl (C=O) groups excluding carboxylic acids is 1. The maximum atomic E-state index is 13.9. The zero-order valence-corrected chi connectivity index (χ0v) is 17.7. The van der Waals surface area contributed by atoms with Crippen LogP contribution in [0.5, 0.6) is 0 Å². The van der Waals surface area contributed by atoms with Gasteiger partial charge in [0.25, 0.3) is 5.91 Å². The van der Waals surface area contributed by atoms with Crippen LogP contribution < -0.4 is 10.6 Å². The summed E-state index contributed by atoms with van der Waals surface area (Å²) in [5, 5.41) is 26.0. The molecule has 1 aliphatic heterocycles. The predicted octanol–water partition coefficient (Wildman–Crippen LogP) is 2.39. The fourth-order valence-electron chi connectivity index (χ4n) is 2.97. The summed E-state index contributed by atoms with van der Waals surface area (Å²) in [6, 6.07) is 2.83. The van der Waals surface area contributed by atoms with Crippen molar-refractivity contribution in [1.82, 2.24) is 40.4 Å². The van der Waals surface area contributed by atoms with Gasteiger partial charge in [-0.1, -0.05) is 0 Å². The molecule has 0 aromatic carbocycles. The van der Waals surface area contributed by atoms with Crippen molar-refractivity contribution in [1.29, 1.82) is 5.26 Å². The maximum absolute atomic E-state index is 13.9. The van der Waals surface area contributed by atoms with E-state index in [1.165, 1.54) is 18.5 Å². The summed E-state index contributed by atoms with van der Waals surface area (Å²) in [5.41, 5.74) is -2.00. The molecular weight excluding hydrogens is 514 g/mol. The lowest BCUT2D eigenvalue weighted by molar-refractivity contribution is -0.143. The van der Waals surface area contributed by atoms with E-state index in [0.29, 0.717) is 4.68 Å². The Morgan fingerprint density at radius 1 is 1.24 bits per heavy atom. The minimum Gasteiger partial charge on any atom is -0.362 e. The number of dihydropyridines is 1. The average molecular weight is 524 g/mol. The lowest BCUT2D eigenvalue weighted by Crippen LogP contribution is -2.34. The second-order valence-electron chi connectivity index (χ2n) is 6.45. The molecular formula is C18H10BrF4N9O. The molecule has 0 aliphatic carbocycles. The summed E-state index contributed by atoms with van der Waals surface area (Å²) in [4.78, 5) is 17.5. The first kappa shape index (κ1) is 22.1. The molecule has 15 heteroatoms. The number of pyridine rings is 1. The fraction of sp³-hybridized carbons (Fsp3) is 0.111. The van der Waals surface area contributed by atoms with E-state index in [2.05, 4.69) is 46.8 Å². The maximum Gasteiger partial charge on any atom is 0.434 e. The van der Waals surface area contributed by atoms with Crippen molar-refractivity contribution >= 4 is 27.7 Å². The number of halogens is 5. The van der Waals surface area contributed by atoms with Crippen LogP contribution in [0.3, 0.4) is 0 Å². The second-order valence-corrected chi connectivity index (χ2v) is 7.30. The van der Waals surface area contributed by atoms with E-state index in [0.717, 1.165) is 23.3 Å². The number of rotatable bonds is 4. The summed E-state index contributed by atoms with van der Waals surface area (Å²) >= 11 is 2.95. The van der Waals surface area contributed by atoms with Crippen LogP contribution in [0.25, 0.3) is 11.6 Å². The van der Waals surface area contributed by atoms with Crippen LogP contribution in [0.4, 0.5) is 17.6 Å². The molecule has 0 bridgehead atoms. The van der Waals surface area contributed by atoms with Gasteiger partial charge in [0, 0.05) is 5.70 Å². The topological polar surface area (TPSA) is 126 Å². The predicted molar refractivity (Wildman–Crippen MR) is 106 cm³/mol. The van der Waals surface area contributed by atoms with Gasteiger partial charge >= 0.3 is 6.18 Å². The second kappa shape index (κ2) is 8.47. The van der Waals surface area contributed by atoms with Gasteiger partial charge in [-0.2, -0.15) is 33.7 Å². The van der Waals surface area contributed by atoms with Crippen LogP contribution >= 0.6 is 15.9 Å². The third-order valence-electron chi connectivity index (χ3n) is 4.30. The SMILES string of the molecule is N#CC1=C(n2nccn2)NCC(NC(=O)c2cnn(-c3ncc(F)cc3Br)c2C(F)(F)F)=C1. The number of hydrogen-bond acceptors (Lipinski definition) is 7. The first-order valence-corrected chi connectivity index (χ1v) is 9.72. The minimum absolute atomic E-state index is 0.0195. The van der Waals surface area contributed by atoms with Gasteiger partial charge < -0.3 is 10.6 Å². The van der Waals surface area contributed by atoms with Crippen LogP contribution in [0.15, 0.2) is 52.7 Å². The Bertz CT molecular complexity index is 1340. The van der Waals surface area contributed by atoms with Crippen LogP contribution in [0.1, 0.15) is 16.1 Å². The summed E-state index contributed by atoms with van der Waals surface area (Å²) in [5.74, 6) is -1.99. The van der Waals surface area contributed by atoms with Crippen molar-refractivity contribution in [2.24, 2.45) is 0 Å². The molecule has 4 rings (SSSR count). The van der Waals surface area contributed by atoms with Gasteiger partial charge in [-0.15, -0.1) is 4.80 Å². The highest BCUT2D eigenvalue weighted by atomic mass is 79.9. The van der Waals surface area contributed by atoms with Crippen molar-refractivity contribution in [2.45, 2.75) is 6.18 Å². The Labute approximate surface area is 190 Å². The number of nitrogens with one attached hydrogen (secondary N) is 2. The van der Waals surface area contributed by atoms with Gasteiger partial charge in [0.15, 0.2) is 17.3 Å². The Balaban J connectivity index is 1.68. The standard InChI is InChI=1S/C18H10BrF4N9O/c19-13-4-10(20)6-25-16(13)31-14(18(21,22)23)12(8-29-31)17(33)30-11-3-9(5-24)15(26-7-11)32-27-1-2-28-32/h1-4,6,8,26H,7H2,(H,30,33). The first-order valence-electron chi connectivity index (χ1n) is 8.92. The van der Waals surface area contributed by atoms with Crippen molar-refractivity contribution < 1.29 is 22.4 Å². The first-order chi connectivity index (χ1) is 15.7. The average Bonchev–Trinajstić information content (AvgIpc) is 3.43. The lowest BCUT2D eigenvalue weighted by Gasteiger charge is -2.19. The third kappa shape index (κ3) is 4.32. The van der Waals surface area contributed by atoms with E-state index in [4.69, 9.17) is 0 Å². The number of alkyl halides is 3. The summed E-state index contributed by atoms with van der Waals surface area (Å²) in [6.45, 7) is -0.0195. The lowest BCUT2D eigenvalue weighted by atomic mass is 10.1. The Morgan fingerprint density at radius 3 is 2.61 bits per heavy atom. The summed E-state index contributed by atoms with van der Waals surface area (Å²) in [7, 11) is 0. The number of nitriles is 1. The van der Waals surface area contributed by atoms with Crippen molar-refractivity contribution in [3.8, 4) is 11.9 Å². The molecule has 0 unspecified atom stereocenters. The molecule has 2 N–H and O–H groups in total.